The molecule has 14 atom stereocenters. The Morgan fingerprint density at radius 1 is 0.706 bits per heavy atom. The third-order valence-corrected chi connectivity index (χ3v) is 8.79. The van der Waals surface area contributed by atoms with Crippen molar-refractivity contribution in [1.29, 1.82) is 0 Å². The van der Waals surface area contributed by atoms with Crippen molar-refractivity contribution >= 4 is 5.97 Å². The largest absolute Gasteiger partial charge is 0.461 e. The van der Waals surface area contributed by atoms with Crippen LogP contribution in [0, 0.1) is 0 Å². The fourth-order valence-electron chi connectivity index (χ4n) is 5.68. The second kappa shape index (κ2) is 18.0. The van der Waals surface area contributed by atoms with Gasteiger partial charge in [-0.15, -0.1) is 0 Å². The highest BCUT2D eigenvalue weighted by Gasteiger charge is 2.48. The van der Waals surface area contributed by atoms with Crippen molar-refractivity contribution in [2.24, 2.45) is 0 Å². The zero-order valence-corrected chi connectivity index (χ0v) is 28.8. The first-order chi connectivity index (χ1) is 24.0. The molecule has 3 aliphatic heterocycles. The molecule has 0 aliphatic carbocycles. The number of carbonyl (C=O) groups is 1. The Labute approximate surface area is 294 Å². The van der Waals surface area contributed by atoms with Gasteiger partial charge in [-0.3, -0.25) is 0 Å². The Morgan fingerprint density at radius 3 is 1.76 bits per heavy atom. The van der Waals surface area contributed by atoms with Gasteiger partial charge in [-0.1, -0.05) is 23.3 Å². The number of carbonyl (C=O) groups excluding carboxylic acids is 1. The predicted octanol–water partition coefficient (Wildman–Crippen LogP) is -2.70. The number of esters is 1. The van der Waals surface area contributed by atoms with E-state index in [0.717, 1.165) is 11.1 Å². The molecule has 0 saturated carbocycles. The first-order valence-electron chi connectivity index (χ1n) is 16.6. The van der Waals surface area contributed by atoms with Crippen LogP contribution in [0.4, 0.5) is 0 Å². The van der Waals surface area contributed by atoms with E-state index in [1.54, 1.807) is 0 Å². The van der Waals surface area contributed by atoms with Crippen LogP contribution >= 0.6 is 0 Å². The fraction of sp³-hybridized carbons (Fsp3) is 0.676. The number of rotatable bonds is 12. The van der Waals surface area contributed by atoms with Crippen molar-refractivity contribution in [2.45, 2.75) is 127 Å². The molecule has 288 valence electrons. The van der Waals surface area contributed by atoms with E-state index < -0.39 is 105 Å². The summed E-state index contributed by atoms with van der Waals surface area (Å²) in [5.74, 6) is -0.804. The first kappa shape index (κ1) is 41.2. The summed E-state index contributed by atoms with van der Waals surface area (Å²) in [6, 6.07) is 2.88. The van der Waals surface area contributed by atoms with Crippen molar-refractivity contribution in [3.63, 3.8) is 0 Å². The van der Waals surface area contributed by atoms with Gasteiger partial charge in [0.2, 0.25) is 12.6 Å². The second-order valence-electron chi connectivity index (χ2n) is 13.4. The summed E-state index contributed by atoms with van der Waals surface area (Å²) in [4.78, 5) is 13.5. The van der Waals surface area contributed by atoms with Gasteiger partial charge in [0.05, 0.1) is 25.4 Å². The number of hydrogen-bond donors (Lipinski definition) is 10. The van der Waals surface area contributed by atoms with Crippen LogP contribution in [0.25, 0.3) is 0 Å². The van der Waals surface area contributed by atoms with Crippen molar-refractivity contribution in [3.8, 4) is 5.75 Å². The molecule has 3 aliphatic rings. The van der Waals surface area contributed by atoms with Gasteiger partial charge in [-0.2, -0.15) is 0 Å². The van der Waals surface area contributed by atoms with Crippen LogP contribution in [0.3, 0.4) is 0 Å². The third-order valence-electron chi connectivity index (χ3n) is 8.79. The van der Waals surface area contributed by atoms with Gasteiger partial charge in [0.1, 0.15) is 72.9 Å². The Morgan fingerprint density at radius 2 is 1.22 bits per heavy atom. The summed E-state index contributed by atoms with van der Waals surface area (Å²) in [5.41, 5.74) is 2.63. The van der Waals surface area contributed by atoms with Crippen molar-refractivity contribution in [1.82, 2.24) is 0 Å². The van der Waals surface area contributed by atoms with Crippen LogP contribution in [-0.2, 0) is 36.5 Å². The quantitative estimate of drug-likeness (QED) is 0.0774. The minimum atomic E-state index is -1.82. The number of hydrogen-bond acceptors (Lipinski definition) is 17. The van der Waals surface area contributed by atoms with E-state index in [1.165, 1.54) is 12.1 Å². The van der Waals surface area contributed by atoms with Crippen LogP contribution in [0.5, 0.6) is 5.75 Å². The molecule has 3 fully saturated rings. The van der Waals surface area contributed by atoms with Gasteiger partial charge in [0, 0.05) is 0 Å². The van der Waals surface area contributed by atoms with Crippen LogP contribution in [0.1, 0.15) is 49.2 Å². The lowest BCUT2D eigenvalue weighted by Gasteiger charge is -2.41. The zero-order valence-electron chi connectivity index (χ0n) is 28.8. The highest BCUT2D eigenvalue weighted by molar-refractivity contribution is 5.90. The summed E-state index contributed by atoms with van der Waals surface area (Å²) < 4.78 is 33.6. The first-order valence-corrected chi connectivity index (χ1v) is 16.6. The lowest BCUT2D eigenvalue weighted by atomic mass is 9.97. The third kappa shape index (κ3) is 9.89. The zero-order chi connectivity index (χ0) is 37.7. The highest BCUT2D eigenvalue weighted by Crippen LogP contribution is 2.34. The van der Waals surface area contributed by atoms with Gasteiger partial charge >= 0.3 is 5.97 Å². The molecule has 3 heterocycles. The normalized spacial score (nSPS) is 37.0. The van der Waals surface area contributed by atoms with E-state index in [0.29, 0.717) is 11.1 Å². The molecule has 0 unspecified atom stereocenters. The molecular weight excluding hydrogens is 680 g/mol. The van der Waals surface area contributed by atoms with Gasteiger partial charge < -0.3 is 79.5 Å². The van der Waals surface area contributed by atoms with E-state index >= 15 is 0 Å². The summed E-state index contributed by atoms with van der Waals surface area (Å²) >= 11 is 0. The molecule has 0 bridgehead atoms. The highest BCUT2D eigenvalue weighted by atomic mass is 16.7. The molecule has 1 aromatic carbocycles. The molecule has 4 rings (SSSR count). The molecule has 0 spiro atoms. The smallest absolute Gasteiger partial charge is 0.340 e. The molecule has 1 aromatic rings. The SMILES string of the molecule is CC(C)=CCc1cc(C(=O)O[C@@H]2O[C@H](CO)[C@@H](O)[C@H](O)[C@H]2O)cc(CC=C(C)C)c1O[C@@H]1O[C@H](CO[C@@H]2OC[C@@H](O)[C@H](O)[C@H]2O)[C@@H](O)[C@H](O)[C@H]1O. The van der Waals surface area contributed by atoms with Crippen LogP contribution in [-0.4, -0.2) is 163 Å². The molecular formula is C34H50O17. The van der Waals surface area contributed by atoms with E-state index in [-0.39, 0.29) is 30.8 Å². The Hall–Kier alpha value is -2.59. The van der Waals surface area contributed by atoms with Crippen LogP contribution < -0.4 is 4.74 Å². The number of allylic oxidation sites excluding steroid dienone is 4. The molecule has 17 nitrogen and oxygen atoms in total. The Balaban J connectivity index is 1.64. The van der Waals surface area contributed by atoms with Crippen molar-refractivity contribution in [2.75, 3.05) is 19.8 Å². The second-order valence-corrected chi connectivity index (χ2v) is 13.4. The lowest BCUT2D eigenvalue weighted by molar-refractivity contribution is -0.307. The fourth-order valence-corrected chi connectivity index (χ4v) is 5.68. The molecule has 3 saturated heterocycles. The number of benzene rings is 1. The summed E-state index contributed by atoms with van der Waals surface area (Å²) in [6.07, 6.45) is -18.3. The average molecular weight is 731 g/mol. The molecule has 0 radical (unpaired) electrons. The summed E-state index contributed by atoms with van der Waals surface area (Å²) in [7, 11) is 0. The number of ether oxygens (including phenoxy) is 6. The molecule has 51 heavy (non-hydrogen) atoms. The number of aliphatic hydroxyl groups is 10. The van der Waals surface area contributed by atoms with Gasteiger partial charge in [-0.05, 0) is 63.8 Å². The van der Waals surface area contributed by atoms with E-state index in [1.807, 2.05) is 39.8 Å². The van der Waals surface area contributed by atoms with E-state index in [9.17, 15) is 55.9 Å². The minimum Gasteiger partial charge on any atom is -0.461 e. The Bertz CT molecular complexity index is 1330. The minimum absolute atomic E-state index is 0.0150. The van der Waals surface area contributed by atoms with Gasteiger partial charge in [-0.25, -0.2) is 4.79 Å². The molecule has 0 aromatic heterocycles. The summed E-state index contributed by atoms with van der Waals surface area (Å²) in [6.45, 7) is 5.86. The molecule has 10 N–H and O–H groups in total. The van der Waals surface area contributed by atoms with Crippen molar-refractivity contribution in [3.05, 3.63) is 52.1 Å². The topological polar surface area (TPSA) is 275 Å². The van der Waals surface area contributed by atoms with Crippen molar-refractivity contribution < 1.29 is 84.3 Å². The maximum absolute atomic E-state index is 13.5. The van der Waals surface area contributed by atoms with Crippen LogP contribution in [0.15, 0.2) is 35.4 Å². The van der Waals surface area contributed by atoms with E-state index in [4.69, 9.17) is 28.4 Å². The van der Waals surface area contributed by atoms with Gasteiger partial charge in [0.15, 0.2) is 6.29 Å². The molecule has 0 amide bonds. The molecule has 17 heteroatoms. The Kier molecular flexibility index (Phi) is 14.5. The maximum atomic E-state index is 13.5. The standard InChI is InChI=1S/C34H50O17/c1-14(2)5-7-16-9-18(31(45)51-34-29(44)25(40)23(38)20(11-35)48-34)10-17(8-6-15(3)4)30(16)50-33-28(43)26(41)24(39)21(49-33)13-47-32-27(42)22(37)19(36)12-46-32/h5-6,9-10,19-29,32-44H,7-8,11-13H2,1-4H3/t19-,20-,21-,22+,23-,24-,25+,26+,27-,28-,29-,32+,33+,34+/m1/s1. The monoisotopic (exact) mass is 730 g/mol. The number of aliphatic hydroxyl groups excluding tert-OH is 10. The maximum Gasteiger partial charge on any atom is 0.340 e. The van der Waals surface area contributed by atoms with E-state index in [2.05, 4.69) is 0 Å². The predicted molar refractivity (Wildman–Crippen MR) is 173 cm³/mol. The lowest BCUT2D eigenvalue weighted by Crippen LogP contribution is -2.61. The van der Waals surface area contributed by atoms with Crippen LogP contribution in [0.2, 0.25) is 0 Å². The average Bonchev–Trinajstić information content (AvgIpc) is 3.09. The van der Waals surface area contributed by atoms with Gasteiger partial charge in [0.25, 0.3) is 0 Å². The summed E-state index contributed by atoms with van der Waals surface area (Å²) in [5, 5.41) is 102.